The van der Waals surface area contributed by atoms with Gasteiger partial charge in [-0.3, -0.25) is 4.90 Å². The van der Waals surface area contributed by atoms with Gasteiger partial charge in [-0.05, 0) is 54.2 Å². The number of likely N-dealkylation sites (N-methyl/N-ethyl adjacent to an activating group) is 1. The number of urea groups is 1. The molecule has 0 saturated heterocycles. The number of thiophene rings is 1. The fraction of sp³-hybridized carbons (Fsp3) is 0.333. The average Bonchev–Trinajstić information content (AvgIpc) is 3.26. The van der Waals surface area contributed by atoms with Crippen molar-refractivity contribution in [1.29, 1.82) is 0 Å². The molecule has 9 heteroatoms. The van der Waals surface area contributed by atoms with Crippen molar-refractivity contribution in [2.24, 2.45) is 0 Å². The number of nitrogens with zero attached hydrogens (tertiary/aromatic N) is 1. The van der Waals surface area contributed by atoms with Crippen molar-refractivity contribution in [2.45, 2.75) is 19.5 Å². The Hall–Kier alpha value is -2.10. The van der Waals surface area contributed by atoms with E-state index in [1.807, 2.05) is 24.1 Å². The number of rotatable bonds is 7. The highest BCUT2D eigenvalue weighted by Gasteiger charge is 2.35. The van der Waals surface area contributed by atoms with Gasteiger partial charge in [-0.25, -0.2) is 9.59 Å². The lowest BCUT2D eigenvalue weighted by molar-refractivity contribution is -0.139. The maximum absolute atomic E-state index is 12.6. The number of hydrogen-bond acceptors (Lipinski definition) is 6. The van der Waals surface area contributed by atoms with Crippen LogP contribution in [0, 0.1) is 0 Å². The summed E-state index contributed by atoms with van der Waals surface area (Å²) in [6, 6.07) is 6.40. The van der Waals surface area contributed by atoms with Gasteiger partial charge in [0.15, 0.2) is 0 Å². The van der Waals surface area contributed by atoms with E-state index in [0.29, 0.717) is 30.1 Å². The van der Waals surface area contributed by atoms with E-state index < -0.39 is 12.0 Å². The van der Waals surface area contributed by atoms with Crippen LogP contribution in [0.3, 0.4) is 0 Å². The van der Waals surface area contributed by atoms with Crippen LogP contribution in [0.15, 0.2) is 50.0 Å². The Kier molecular flexibility index (Phi) is 6.35. The van der Waals surface area contributed by atoms with E-state index in [-0.39, 0.29) is 12.6 Å². The molecule has 0 spiro atoms. The highest BCUT2D eigenvalue weighted by atomic mass is 79.9. The minimum absolute atomic E-state index is 0.244. The van der Waals surface area contributed by atoms with Crippen LogP contribution in [0.2, 0.25) is 0 Å². The molecule has 7 nitrogen and oxygen atoms in total. The number of esters is 1. The lowest BCUT2D eigenvalue weighted by atomic mass is 10.00. The Balaban J connectivity index is 1.89. The van der Waals surface area contributed by atoms with Crippen molar-refractivity contribution in [3.63, 3.8) is 0 Å². The van der Waals surface area contributed by atoms with Crippen molar-refractivity contribution in [2.75, 3.05) is 20.2 Å². The largest absolute Gasteiger partial charge is 0.467 e. The van der Waals surface area contributed by atoms with Crippen LogP contribution >= 0.6 is 27.3 Å². The van der Waals surface area contributed by atoms with E-state index >= 15 is 0 Å². The van der Waals surface area contributed by atoms with Crippen molar-refractivity contribution in [3.8, 4) is 0 Å². The molecule has 3 rings (SSSR count). The Labute approximate surface area is 169 Å². The number of nitrogens with one attached hydrogen (secondary N) is 2. The second-order valence-electron chi connectivity index (χ2n) is 6.04. The first kappa shape index (κ1) is 19.7. The summed E-state index contributed by atoms with van der Waals surface area (Å²) < 4.78 is 11.7. The Morgan fingerprint density at radius 1 is 1.37 bits per heavy atom. The molecule has 1 aliphatic heterocycles. The number of amides is 2. The molecule has 144 valence electrons. The van der Waals surface area contributed by atoms with Gasteiger partial charge in [0.2, 0.25) is 0 Å². The number of furan rings is 1. The number of carbonyl (C=O) groups excluding carboxylic acids is 2. The van der Waals surface area contributed by atoms with Crippen LogP contribution in [0.1, 0.15) is 23.6 Å². The third-order valence-electron chi connectivity index (χ3n) is 3.96. The summed E-state index contributed by atoms with van der Waals surface area (Å²) in [5, 5.41) is 5.50. The van der Waals surface area contributed by atoms with Crippen molar-refractivity contribution in [3.05, 3.63) is 56.2 Å². The topological polar surface area (TPSA) is 83.8 Å². The zero-order valence-corrected chi connectivity index (χ0v) is 17.4. The van der Waals surface area contributed by atoms with Crippen molar-refractivity contribution >= 4 is 39.3 Å². The van der Waals surface area contributed by atoms with Crippen molar-refractivity contribution in [1.82, 2.24) is 15.5 Å². The molecule has 1 atom stereocenters. The maximum Gasteiger partial charge on any atom is 0.338 e. The summed E-state index contributed by atoms with van der Waals surface area (Å²) in [6.07, 6.45) is 1.51. The zero-order chi connectivity index (χ0) is 19.4. The Morgan fingerprint density at radius 3 is 2.81 bits per heavy atom. The number of carbonyl (C=O) groups is 2. The molecule has 0 bridgehead atoms. The van der Waals surface area contributed by atoms with Gasteiger partial charge in [0.25, 0.3) is 0 Å². The second kappa shape index (κ2) is 8.73. The van der Waals surface area contributed by atoms with Gasteiger partial charge in [-0.15, -0.1) is 11.3 Å². The minimum atomic E-state index is -0.688. The van der Waals surface area contributed by atoms with Crippen LogP contribution in [0.5, 0.6) is 0 Å². The highest BCUT2D eigenvalue weighted by Crippen LogP contribution is 2.29. The zero-order valence-electron chi connectivity index (χ0n) is 15.0. The summed E-state index contributed by atoms with van der Waals surface area (Å²) in [6.45, 7) is 3.06. The molecule has 1 aliphatic rings. The number of hydrogen-bond donors (Lipinski definition) is 2. The fourth-order valence-electron chi connectivity index (χ4n) is 2.89. The fourth-order valence-corrected chi connectivity index (χ4v) is 4.45. The van der Waals surface area contributed by atoms with E-state index in [2.05, 4.69) is 26.6 Å². The SMILES string of the molecule is CCOC(=O)C1=C(CN(C)Cc2ccc(Br)s2)NC(=O)N[C@@H]1c1ccco1. The third kappa shape index (κ3) is 4.79. The van der Waals surface area contributed by atoms with E-state index in [1.54, 1.807) is 30.4 Å². The molecule has 27 heavy (non-hydrogen) atoms. The molecule has 0 fully saturated rings. The van der Waals surface area contributed by atoms with Crippen molar-refractivity contribution < 1.29 is 18.7 Å². The second-order valence-corrected chi connectivity index (χ2v) is 8.59. The predicted octanol–water partition coefficient (Wildman–Crippen LogP) is 3.41. The molecule has 3 heterocycles. The smallest absolute Gasteiger partial charge is 0.338 e. The molecule has 2 aromatic heterocycles. The molecule has 0 saturated carbocycles. The molecule has 0 radical (unpaired) electrons. The van der Waals surface area contributed by atoms with Gasteiger partial charge >= 0.3 is 12.0 Å². The molecule has 0 aromatic carbocycles. The first-order chi connectivity index (χ1) is 13.0. The van der Waals surface area contributed by atoms with E-state index in [0.717, 1.165) is 3.79 Å². The normalized spacial score (nSPS) is 17.0. The van der Waals surface area contributed by atoms with Gasteiger partial charge < -0.3 is 19.8 Å². The van der Waals surface area contributed by atoms with Gasteiger partial charge in [-0.1, -0.05) is 0 Å². The first-order valence-corrected chi connectivity index (χ1v) is 10.0. The van der Waals surface area contributed by atoms with E-state index in [9.17, 15) is 9.59 Å². The third-order valence-corrected chi connectivity index (χ3v) is 5.57. The number of halogens is 1. The molecular formula is C18H20BrN3O4S. The maximum atomic E-state index is 12.6. The molecule has 2 aromatic rings. The van der Waals surface area contributed by atoms with E-state index in [1.165, 1.54) is 11.1 Å². The Morgan fingerprint density at radius 2 is 2.19 bits per heavy atom. The summed E-state index contributed by atoms with van der Waals surface area (Å²) in [5.74, 6) is 0.00362. The molecule has 0 aliphatic carbocycles. The van der Waals surface area contributed by atoms with Crippen LogP contribution in [0.25, 0.3) is 0 Å². The first-order valence-electron chi connectivity index (χ1n) is 8.41. The molecule has 2 N–H and O–H groups in total. The van der Waals surface area contributed by atoms with Crippen LogP contribution in [0.4, 0.5) is 4.79 Å². The average molecular weight is 454 g/mol. The molecule has 2 amide bonds. The van der Waals surface area contributed by atoms with Gasteiger partial charge in [0.1, 0.15) is 11.8 Å². The van der Waals surface area contributed by atoms with Gasteiger partial charge in [0.05, 0.1) is 22.2 Å². The van der Waals surface area contributed by atoms with E-state index in [4.69, 9.17) is 9.15 Å². The van der Waals surface area contributed by atoms with Crippen LogP contribution in [-0.2, 0) is 16.1 Å². The summed E-state index contributed by atoms with van der Waals surface area (Å²) >= 11 is 5.10. The molecular weight excluding hydrogens is 434 g/mol. The van der Waals surface area contributed by atoms with Gasteiger partial charge in [-0.2, -0.15) is 0 Å². The monoisotopic (exact) mass is 453 g/mol. The lowest BCUT2D eigenvalue weighted by Gasteiger charge is -2.29. The van der Waals surface area contributed by atoms with Gasteiger partial charge in [0, 0.05) is 23.7 Å². The Bertz CT molecular complexity index is 847. The highest BCUT2D eigenvalue weighted by molar-refractivity contribution is 9.11. The predicted molar refractivity (Wildman–Crippen MR) is 105 cm³/mol. The van der Waals surface area contributed by atoms with Crippen LogP contribution < -0.4 is 10.6 Å². The summed E-state index contributed by atoms with van der Waals surface area (Å²) in [4.78, 5) is 28.0. The molecule has 0 unspecified atom stereocenters. The standard InChI is InChI=1S/C18H20BrN3O4S/c1-3-25-17(23)15-12(10-22(2)9-11-6-7-14(19)27-11)20-18(24)21-16(15)13-5-4-8-26-13/h4-8,16H,3,9-10H2,1-2H3,(H2,20,21,24)/t16-/m1/s1. The quantitative estimate of drug-likeness (QED) is 0.627. The summed E-state index contributed by atoms with van der Waals surface area (Å²) in [5.41, 5.74) is 0.863. The number of ether oxygens (including phenoxy) is 1. The van der Waals surface area contributed by atoms with Crippen LogP contribution in [-0.4, -0.2) is 37.1 Å². The lowest BCUT2D eigenvalue weighted by Crippen LogP contribution is -2.48. The minimum Gasteiger partial charge on any atom is -0.467 e. The summed E-state index contributed by atoms with van der Waals surface area (Å²) in [7, 11) is 1.93.